The number of rotatable bonds is 27. The molecule has 0 radical (unpaired) electrons. The largest absolute Gasteiger partial charge is 0.394 e. The highest BCUT2D eigenvalue weighted by atomic mass is 16.8. The zero-order chi connectivity index (χ0) is 75.5. The number of carbonyl (C=O) groups excluding carboxylic acids is 2. The molecular weight excluding hydrogens is 1400 g/mol. The van der Waals surface area contributed by atoms with E-state index in [1.165, 1.54) is 27.7 Å². The van der Waals surface area contributed by atoms with E-state index in [0.717, 1.165) is 13.8 Å². The Kier molecular flexibility index (Phi) is 30.6. The van der Waals surface area contributed by atoms with Crippen LogP contribution in [0.5, 0.6) is 0 Å². The smallest absolute Gasteiger partial charge is 0.217 e. The maximum absolute atomic E-state index is 13.5. The molecule has 2 amide bonds. The predicted molar refractivity (Wildman–Crippen MR) is 317 cm³/mol. The zero-order valence-electron chi connectivity index (χ0n) is 55.7. The lowest BCUT2D eigenvalue weighted by Crippen LogP contribution is -2.72. The van der Waals surface area contributed by atoms with Crippen LogP contribution in [-0.4, -0.2) is 444 Å². The average Bonchev–Trinajstić information content (AvgIpc) is 0.760. The summed E-state index contributed by atoms with van der Waals surface area (Å²) in [6.45, 7) is -0.381. The third-order valence-electron chi connectivity index (χ3n) is 19.1. The highest BCUT2D eigenvalue weighted by Crippen LogP contribution is 2.41. The van der Waals surface area contributed by atoms with Crippen molar-refractivity contribution < 1.29 is 208 Å². The molecule has 0 bridgehead atoms. The van der Waals surface area contributed by atoms with Gasteiger partial charge in [-0.2, -0.15) is 0 Å². The van der Waals surface area contributed by atoms with Crippen LogP contribution in [0.4, 0.5) is 0 Å². The van der Waals surface area contributed by atoms with Crippen molar-refractivity contribution in [1.29, 1.82) is 0 Å². The fourth-order valence-electron chi connectivity index (χ4n) is 13.1. The van der Waals surface area contributed by atoms with Gasteiger partial charge in [-0.15, -0.1) is 0 Å². The summed E-state index contributed by atoms with van der Waals surface area (Å²) < 4.78 is 96.4. The first-order chi connectivity index (χ1) is 48.1. The van der Waals surface area contributed by atoms with Crippen LogP contribution in [0.2, 0.25) is 0 Å². The lowest BCUT2D eigenvalue weighted by Gasteiger charge is -2.52. The van der Waals surface area contributed by atoms with Gasteiger partial charge in [0, 0.05) is 13.8 Å². The minimum absolute atomic E-state index is 0.923. The van der Waals surface area contributed by atoms with Crippen LogP contribution in [0.3, 0.4) is 0 Å². The molecule has 102 heavy (non-hydrogen) atoms. The zero-order valence-corrected chi connectivity index (χ0v) is 55.7. The van der Waals surface area contributed by atoms with Crippen LogP contribution in [-0.2, 0) is 85.4 Å². The van der Waals surface area contributed by atoms with Gasteiger partial charge in [-0.25, -0.2) is 0 Å². The van der Waals surface area contributed by atoms with Gasteiger partial charge >= 0.3 is 0 Å². The van der Waals surface area contributed by atoms with Crippen LogP contribution >= 0.6 is 0 Å². The minimum Gasteiger partial charge on any atom is -0.394 e. The van der Waals surface area contributed by atoms with E-state index >= 15 is 0 Å². The Bertz CT molecular complexity index is 2590. The molecule has 594 valence electrons. The Balaban J connectivity index is 1.17. The van der Waals surface area contributed by atoms with Gasteiger partial charge in [0.2, 0.25) is 11.8 Å². The summed E-state index contributed by atoms with van der Waals surface area (Å²) >= 11 is 0. The topological polar surface area (TPSA) is 691 Å². The van der Waals surface area contributed by atoms with Crippen molar-refractivity contribution in [2.24, 2.45) is 0 Å². The van der Waals surface area contributed by atoms with Crippen molar-refractivity contribution in [1.82, 2.24) is 10.6 Å². The maximum Gasteiger partial charge on any atom is 0.217 e. The van der Waals surface area contributed by atoms with E-state index in [1.807, 2.05) is 0 Å². The lowest BCUT2D eigenvalue weighted by atomic mass is 9.93. The van der Waals surface area contributed by atoms with Crippen molar-refractivity contribution in [2.45, 2.75) is 311 Å². The van der Waals surface area contributed by atoms with E-state index in [-0.39, 0.29) is 0 Å². The normalized spacial score (nSPS) is 49.4. The Morgan fingerprint density at radius 2 is 0.598 bits per heavy atom. The van der Waals surface area contributed by atoms with Crippen molar-refractivity contribution >= 4 is 11.8 Å². The van der Waals surface area contributed by atoms with Crippen LogP contribution < -0.4 is 10.6 Å². The van der Waals surface area contributed by atoms with E-state index in [2.05, 4.69) is 10.6 Å². The Hall–Kier alpha value is -2.66. The number of aliphatic hydroxyl groups excluding tert-OH is 24. The van der Waals surface area contributed by atoms with Gasteiger partial charge in [0.05, 0.1) is 64.1 Å². The number of amides is 2. The van der Waals surface area contributed by atoms with Gasteiger partial charge < -0.3 is 209 Å². The number of nitrogens with one attached hydrogen (secondary N) is 2. The quantitative estimate of drug-likeness (QED) is 0.0363. The van der Waals surface area contributed by atoms with Gasteiger partial charge in [0.15, 0.2) is 50.3 Å². The Labute approximate surface area is 580 Å². The summed E-state index contributed by atoms with van der Waals surface area (Å²) in [6, 6.07) is -4.06. The number of hydrogen-bond acceptors (Lipinski definition) is 42. The summed E-state index contributed by atoms with van der Waals surface area (Å²) in [5, 5.41) is 269. The third-order valence-corrected chi connectivity index (χ3v) is 19.1. The molecule has 0 aromatic carbocycles. The second kappa shape index (κ2) is 36.7. The Morgan fingerprint density at radius 3 is 0.990 bits per heavy atom. The van der Waals surface area contributed by atoms with Crippen molar-refractivity contribution in [3.63, 3.8) is 0 Å². The molecule has 44 nitrogen and oxygen atoms in total. The maximum atomic E-state index is 13.5. The first kappa shape index (κ1) is 85.0. The molecule has 44 heteroatoms. The number of ether oxygens (including phenoxy) is 16. The molecule has 8 aliphatic heterocycles. The molecule has 0 aliphatic carbocycles. The standard InChI is InChI=1S/C58H100N2O42/c1-13-27(71)33(77)38(82)53(87-13)96-44(20(70)8-62)43(19(69)7-61)95-51-25(59-17(5)67)47(99-54-39(83)34(78)28(72)14(2)88-54)45(23(11-65)93-51)97-57-42(86)49(32(76)22(10-64)91-57)101-52-26(60-18(6)68)48(100-55-40(84)35(79)29(73)15(3)89-55)46(24(12-66)94-52)98-58-50(37(81)31(75)21(9-63)92-58)102-56-41(85)36(80)30(74)16(4)90-56/h13-16,19-58,61-66,69-86H,7-12H2,1-6H3,(H,59,67)(H,60,68)/t13-,14-,15-,16-,19+,20-,21+,22+,23+,24+,25+,26+,27+,28+,29+,30+,31-,32-,33+,34+,35+,36+,37-,38-,39-,40-,41-,42+,43+,44+,45+,46+,47+,48+,49-,50+,51-,52-,53-,54-,55-,56-,57-,58-/m0/s1. The molecule has 8 fully saturated rings. The third kappa shape index (κ3) is 18.4. The number of aliphatic hydroxyl groups is 24. The molecule has 8 rings (SSSR count). The second-order valence-corrected chi connectivity index (χ2v) is 26.3. The molecule has 0 saturated carbocycles. The van der Waals surface area contributed by atoms with Crippen molar-refractivity contribution in [3.8, 4) is 0 Å². The van der Waals surface area contributed by atoms with Gasteiger partial charge in [-0.1, -0.05) is 0 Å². The van der Waals surface area contributed by atoms with E-state index in [0.29, 0.717) is 0 Å². The molecule has 0 aromatic rings. The van der Waals surface area contributed by atoms with Crippen LogP contribution in [0.25, 0.3) is 0 Å². The molecule has 0 unspecified atom stereocenters. The van der Waals surface area contributed by atoms with Crippen LogP contribution in [0, 0.1) is 0 Å². The monoisotopic (exact) mass is 1500 g/mol. The number of hydrogen-bond donors (Lipinski definition) is 26. The molecule has 26 N–H and O–H groups in total. The SMILES string of the molecule is CC(=O)N[C@H]1[C@H](O[C@@H]([C@H](O[C@@H]2O[C@@H](C)[C@@H](O)[C@@H](O)[C@@H]2O)[C@@H](O)CO)[C@H](O)CO)O[C@H](CO)[C@@H](O[C@@H]2O[C@H](CO)[C@H](O)[C@H](O[C@@H]3O[C@H](CO)[C@@H](O[C@@H]4O[C@H](CO)[C@H](O)[C@H](O)[C@H]4O[C@@H]4O[C@@H](C)[C@@H](O)[C@@H](O)[C@@H]4O)[C@H](O[C@@H]4O[C@@H](C)[C@@H](O)[C@@H](O)[C@@H]4O)[C@H]3NC(C)=O)[C@H]2O)[C@@H]1O[C@@H]1O[C@@H](C)[C@@H](O)[C@@H](O)[C@@H]1O. The van der Waals surface area contributed by atoms with Crippen molar-refractivity contribution in [2.75, 3.05) is 39.6 Å². The summed E-state index contributed by atoms with van der Waals surface area (Å²) in [5.74, 6) is -2.00. The summed E-state index contributed by atoms with van der Waals surface area (Å²) in [6.07, 6.45) is -84.3. The lowest BCUT2D eigenvalue weighted by molar-refractivity contribution is -0.403. The molecule has 8 saturated heterocycles. The summed E-state index contributed by atoms with van der Waals surface area (Å²) in [4.78, 5) is 26.9. The molecule has 8 heterocycles. The van der Waals surface area contributed by atoms with E-state index < -0.39 is 321 Å². The molecular formula is C58H100N2O42. The average molecular weight is 1500 g/mol. The Morgan fingerprint density at radius 1 is 0.304 bits per heavy atom. The van der Waals surface area contributed by atoms with E-state index in [1.54, 1.807) is 0 Å². The van der Waals surface area contributed by atoms with E-state index in [4.69, 9.17) is 75.8 Å². The number of carbonyl (C=O) groups is 2. The molecule has 0 spiro atoms. The van der Waals surface area contributed by atoms with Gasteiger partial charge in [-0.05, 0) is 27.7 Å². The molecule has 0 aromatic heterocycles. The predicted octanol–water partition coefficient (Wildman–Crippen LogP) is -16.6. The summed E-state index contributed by atoms with van der Waals surface area (Å²) in [5.41, 5.74) is 0. The highest BCUT2D eigenvalue weighted by Gasteiger charge is 2.61. The molecule has 8 aliphatic rings. The van der Waals surface area contributed by atoms with Gasteiger partial charge in [0.1, 0.15) is 195 Å². The van der Waals surface area contributed by atoms with Crippen LogP contribution in [0.15, 0.2) is 0 Å². The fourth-order valence-corrected chi connectivity index (χ4v) is 13.1. The second-order valence-electron chi connectivity index (χ2n) is 26.3. The van der Waals surface area contributed by atoms with Gasteiger partial charge in [0.25, 0.3) is 0 Å². The molecule has 44 atom stereocenters. The first-order valence-electron chi connectivity index (χ1n) is 33.0. The minimum atomic E-state index is -2.49. The van der Waals surface area contributed by atoms with Crippen LogP contribution in [0.1, 0.15) is 41.5 Å². The summed E-state index contributed by atoms with van der Waals surface area (Å²) in [7, 11) is 0. The van der Waals surface area contributed by atoms with Crippen molar-refractivity contribution in [3.05, 3.63) is 0 Å². The first-order valence-corrected chi connectivity index (χ1v) is 33.0. The highest BCUT2D eigenvalue weighted by molar-refractivity contribution is 5.73. The van der Waals surface area contributed by atoms with Gasteiger partial charge in [-0.3, -0.25) is 9.59 Å². The van der Waals surface area contributed by atoms with E-state index in [9.17, 15) is 132 Å². The fraction of sp³-hybridized carbons (Fsp3) is 0.966.